The van der Waals surface area contributed by atoms with Gasteiger partial charge in [-0.05, 0) is 31.6 Å². The monoisotopic (exact) mass is 297 g/mol. The molecule has 0 aromatic rings. The average molecular weight is 297 g/mol. The van der Waals surface area contributed by atoms with Gasteiger partial charge in [-0.25, -0.2) is 0 Å². The van der Waals surface area contributed by atoms with Gasteiger partial charge in [0.05, 0.1) is 6.10 Å². The van der Waals surface area contributed by atoms with E-state index in [9.17, 15) is 0 Å². The van der Waals surface area contributed by atoms with E-state index in [1.807, 2.05) is 7.05 Å². The van der Waals surface area contributed by atoms with E-state index in [0.717, 1.165) is 38.5 Å². The quantitative estimate of drug-likeness (QED) is 0.313. The molecule has 2 N–H and O–H groups in total. The third-order valence-corrected chi connectivity index (χ3v) is 3.92. The Hall–Kier alpha value is -0.770. The molecule has 0 aromatic heterocycles. The van der Waals surface area contributed by atoms with Crippen LogP contribution < -0.4 is 10.6 Å². The van der Waals surface area contributed by atoms with Crippen LogP contribution in [0, 0.1) is 5.92 Å². The summed E-state index contributed by atoms with van der Waals surface area (Å²) in [7, 11) is 1.82. The van der Waals surface area contributed by atoms with Crippen molar-refractivity contribution >= 4 is 5.96 Å². The molecular formula is C17H35N3O. The topological polar surface area (TPSA) is 45.7 Å². The summed E-state index contributed by atoms with van der Waals surface area (Å²) in [6, 6.07) is 0. The molecule has 0 bridgehead atoms. The summed E-state index contributed by atoms with van der Waals surface area (Å²) >= 11 is 0. The normalized spacial score (nSPS) is 17.8. The second kappa shape index (κ2) is 11.8. The maximum absolute atomic E-state index is 6.00. The van der Waals surface area contributed by atoms with Gasteiger partial charge in [-0.15, -0.1) is 0 Å². The smallest absolute Gasteiger partial charge is 0.190 e. The van der Waals surface area contributed by atoms with Crippen molar-refractivity contribution in [2.45, 2.75) is 71.3 Å². The number of rotatable bonds is 8. The summed E-state index contributed by atoms with van der Waals surface area (Å²) in [5.41, 5.74) is 0. The van der Waals surface area contributed by atoms with Crippen molar-refractivity contribution < 1.29 is 4.74 Å². The zero-order chi connectivity index (χ0) is 15.3. The Morgan fingerprint density at radius 1 is 1.10 bits per heavy atom. The Labute approximate surface area is 131 Å². The van der Waals surface area contributed by atoms with Crippen molar-refractivity contribution in [2.75, 3.05) is 26.7 Å². The van der Waals surface area contributed by atoms with Gasteiger partial charge in [-0.3, -0.25) is 4.99 Å². The van der Waals surface area contributed by atoms with E-state index in [4.69, 9.17) is 4.74 Å². The van der Waals surface area contributed by atoms with Crippen LogP contribution >= 0.6 is 0 Å². The summed E-state index contributed by atoms with van der Waals surface area (Å²) in [6.07, 6.45) is 10.8. The maximum atomic E-state index is 6.00. The van der Waals surface area contributed by atoms with Gasteiger partial charge in [0, 0.05) is 26.7 Å². The van der Waals surface area contributed by atoms with Gasteiger partial charge in [-0.1, -0.05) is 39.5 Å². The van der Waals surface area contributed by atoms with Crippen LogP contribution in [0.3, 0.4) is 0 Å². The van der Waals surface area contributed by atoms with Crippen LogP contribution in [0.25, 0.3) is 0 Å². The standard InChI is InChI=1S/C17H35N3O/c1-15(2)14-20-17(18-3)19-12-8-9-13-21-16-10-6-4-5-7-11-16/h15-16H,4-14H2,1-3H3,(H2,18,19,20). The van der Waals surface area contributed by atoms with Gasteiger partial charge < -0.3 is 15.4 Å². The Morgan fingerprint density at radius 3 is 2.43 bits per heavy atom. The van der Waals surface area contributed by atoms with Crippen molar-refractivity contribution in [3.63, 3.8) is 0 Å². The van der Waals surface area contributed by atoms with Crippen LogP contribution in [-0.2, 0) is 4.74 Å². The lowest BCUT2D eigenvalue weighted by Gasteiger charge is -2.16. The molecule has 1 aliphatic rings. The molecule has 1 saturated carbocycles. The van der Waals surface area contributed by atoms with Crippen LogP contribution in [0.2, 0.25) is 0 Å². The highest BCUT2D eigenvalue weighted by atomic mass is 16.5. The molecule has 124 valence electrons. The van der Waals surface area contributed by atoms with Crippen LogP contribution in [0.1, 0.15) is 65.2 Å². The molecule has 1 fully saturated rings. The highest BCUT2D eigenvalue weighted by molar-refractivity contribution is 5.79. The summed E-state index contributed by atoms with van der Waals surface area (Å²) < 4.78 is 6.00. The van der Waals surface area contributed by atoms with Gasteiger partial charge in [0.15, 0.2) is 5.96 Å². The number of aliphatic imine (C=N–C) groups is 1. The molecule has 0 spiro atoms. The average Bonchev–Trinajstić information content (AvgIpc) is 2.74. The second-order valence-electron chi connectivity index (χ2n) is 6.47. The second-order valence-corrected chi connectivity index (χ2v) is 6.47. The molecule has 0 saturated heterocycles. The summed E-state index contributed by atoms with van der Waals surface area (Å²) in [5.74, 6) is 1.55. The van der Waals surface area contributed by atoms with Crippen molar-refractivity contribution in [2.24, 2.45) is 10.9 Å². The first kappa shape index (κ1) is 18.3. The van der Waals surface area contributed by atoms with Gasteiger partial charge in [-0.2, -0.15) is 0 Å². The summed E-state index contributed by atoms with van der Waals surface area (Å²) in [5, 5.41) is 6.68. The highest BCUT2D eigenvalue weighted by Crippen LogP contribution is 2.19. The first-order valence-electron chi connectivity index (χ1n) is 8.78. The fourth-order valence-corrected chi connectivity index (χ4v) is 2.61. The van der Waals surface area contributed by atoms with Crippen molar-refractivity contribution in [3.8, 4) is 0 Å². The number of hydrogen-bond acceptors (Lipinski definition) is 2. The van der Waals surface area contributed by atoms with E-state index in [1.54, 1.807) is 0 Å². The third kappa shape index (κ3) is 9.72. The minimum absolute atomic E-state index is 0.529. The van der Waals surface area contributed by atoms with E-state index in [-0.39, 0.29) is 0 Å². The van der Waals surface area contributed by atoms with Crippen LogP contribution in [0.4, 0.5) is 0 Å². The molecule has 0 heterocycles. The SMILES string of the molecule is CN=C(NCCCCOC1CCCCCC1)NCC(C)C. The lowest BCUT2D eigenvalue weighted by molar-refractivity contribution is 0.0411. The van der Waals surface area contributed by atoms with E-state index < -0.39 is 0 Å². The first-order valence-corrected chi connectivity index (χ1v) is 8.78. The Morgan fingerprint density at radius 2 is 1.81 bits per heavy atom. The largest absolute Gasteiger partial charge is 0.378 e. The molecule has 0 unspecified atom stereocenters. The fraction of sp³-hybridized carbons (Fsp3) is 0.941. The van der Waals surface area contributed by atoms with Crippen LogP contribution in [0.5, 0.6) is 0 Å². The molecule has 0 amide bonds. The molecule has 0 atom stereocenters. The van der Waals surface area contributed by atoms with Gasteiger partial charge in [0.2, 0.25) is 0 Å². The zero-order valence-electron chi connectivity index (χ0n) is 14.3. The van der Waals surface area contributed by atoms with Gasteiger partial charge in [0.25, 0.3) is 0 Å². The summed E-state index contributed by atoms with van der Waals surface area (Å²) in [6.45, 7) is 7.23. The van der Waals surface area contributed by atoms with Gasteiger partial charge in [0.1, 0.15) is 0 Å². The predicted octanol–water partition coefficient (Wildman–Crippen LogP) is 3.33. The first-order chi connectivity index (χ1) is 10.2. The minimum atomic E-state index is 0.529. The third-order valence-electron chi connectivity index (χ3n) is 3.92. The zero-order valence-corrected chi connectivity index (χ0v) is 14.3. The van der Waals surface area contributed by atoms with E-state index >= 15 is 0 Å². The number of nitrogens with zero attached hydrogens (tertiary/aromatic N) is 1. The number of hydrogen-bond donors (Lipinski definition) is 2. The van der Waals surface area contributed by atoms with Crippen LogP contribution in [0.15, 0.2) is 4.99 Å². The molecule has 0 aromatic carbocycles. The molecule has 1 rings (SSSR count). The Balaban J connectivity index is 1.98. The molecule has 0 aliphatic heterocycles. The molecule has 21 heavy (non-hydrogen) atoms. The lowest BCUT2D eigenvalue weighted by atomic mass is 10.1. The van der Waals surface area contributed by atoms with E-state index in [2.05, 4.69) is 29.5 Å². The Kier molecular flexibility index (Phi) is 10.3. The van der Waals surface area contributed by atoms with Crippen molar-refractivity contribution in [1.29, 1.82) is 0 Å². The van der Waals surface area contributed by atoms with E-state index in [0.29, 0.717) is 12.0 Å². The Bertz CT molecular complexity index is 271. The fourth-order valence-electron chi connectivity index (χ4n) is 2.61. The molecule has 1 aliphatic carbocycles. The number of unbranched alkanes of at least 4 members (excludes halogenated alkanes) is 1. The predicted molar refractivity (Wildman–Crippen MR) is 90.9 cm³/mol. The lowest BCUT2D eigenvalue weighted by Crippen LogP contribution is -2.39. The molecule has 4 nitrogen and oxygen atoms in total. The molecular weight excluding hydrogens is 262 g/mol. The number of ether oxygens (including phenoxy) is 1. The van der Waals surface area contributed by atoms with Gasteiger partial charge >= 0.3 is 0 Å². The van der Waals surface area contributed by atoms with Crippen molar-refractivity contribution in [3.05, 3.63) is 0 Å². The highest BCUT2D eigenvalue weighted by Gasteiger charge is 2.11. The van der Waals surface area contributed by atoms with Crippen LogP contribution in [-0.4, -0.2) is 38.8 Å². The summed E-state index contributed by atoms with van der Waals surface area (Å²) in [4.78, 5) is 4.22. The molecule has 0 radical (unpaired) electrons. The number of nitrogens with one attached hydrogen (secondary N) is 2. The maximum Gasteiger partial charge on any atom is 0.190 e. The number of guanidine groups is 1. The minimum Gasteiger partial charge on any atom is -0.378 e. The van der Waals surface area contributed by atoms with Crippen molar-refractivity contribution in [1.82, 2.24) is 10.6 Å². The molecule has 4 heteroatoms. The van der Waals surface area contributed by atoms with E-state index in [1.165, 1.54) is 38.5 Å².